The first-order valence-electron chi connectivity index (χ1n) is 3.60. The molecule has 0 saturated heterocycles. The fourth-order valence-electron chi connectivity index (χ4n) is 0.810. The zero-order chi connectivity index (χ0) is 12.5. The van der Waals surface area contributed by atoms with Gasteiger partial charge in [0.15, 0.2) is 11.6 Å². The molecular formula is C7H2BrF6NO. The van der Waals surface area contributed by atoms with Gasteiger partial charge in [-0.1, -0.05) is 0 Å². The van der Waals surface area contributed by atoms with Crippen molar-refractivity contribution < 1.29 is 31.1 Å². The maximum Gasteiger partial charge on any atom is 0.573 e. The quantitative estimate of drug-likeness (QED) is 0.775. The molecule has 2 nitrogen and oxygen atoms in total. The van der Waals surface area contributed by atoms with Gasteiger partial charge in [0, 0.05) is 0 Å². The lowest BCUT2D eigenvalue weighted by atomic mass is 10.3. The number of nitrogens with zero attached hydrogens (tertiary/aromatic N) is 1. The number of halogens is 7. The van der Waals surface area contributed by atoms with Crippen molar-refractivity contribution in [1.82, 2.24) is 4.98 Å². The lowest BCUT2D eigenvalue weighted by Crippen LogP contribution is -2.18. The molecule has 0 aromatic carbocycles. The normalized spacial score (nSPS) is 12.0. The SMILES string of the molecule is Fc1c(C(F)F)ncc(OC(F)(F)F)c1Br. The number of ether oxygens (including phenoxy) is 1. The highest BCUT2D eigenvalue weighted by Gasteiger charge is 2.33. The Kier molecular flexibility index (Phi) is 3.66. The molecule has 0 aliphatic carbocycles. The lowest BCUT2D eigenvalue weighted by Gasteiger charge is -2.11. The number of rotatable bonds is 2. The summed E-state index contributed by atoms with van der Waals surface area (Å²) in [5, 5.41) is 0. The Bertz CT molecular complexity index is 393. The molecule has 16 heavy (non-hydrogen) atoms. The van der Waals surface area contributed by atoms with Gasteiger partial charge in [-0.05, 0) is 15.9 Å². The van der Waals surface area contributed by atoms with Crippen molar-refractivity contribution in [2.45, 2.75) is 12.8 Å². The average Bonchev–Trinajstić information content (AvgIpc) is 2.10. The van der Waals surface area contributed by atoms with Crippen molar-refractivity contribution in [3.63, 3.8) is 0 Å². The molecule has 9 heteroatoms. The van der Waals surface area contributed by atoms with E-state index in [1.165, 1.54) is 0 Å². The molecule has 1 aromatic rings. The van der Waals surface area contributed by atoms with Gasteiger partial charge in [0.2, 0.25) is 0 Å². The maximum absolute atomic E-state index is 13.1. The van der Waals surface area contributed by atoms with Crippen molar-refractivity contribution in [2.75, 3.05) is 0 Å². The van der Waals surface area contributed by atoms with Gasteiger partial charge in [0.05, 0.1) is 10.7 Å². The number of pyridine rings is 1. The molecule has 0 fully saturated rings. The first-order valence-corrected chi connectivity index (χ1v) is 4.39. The standard InChI is InChI=1S/C7H2BrF6NO/c8-3-2(16-7(12,13)14)1-15-5(4(3)9)6(10)11/h1,6H. The van der Waals surface area contributed by atoms with Crippen LogP contribution in [0.4, 0.5) is 26.3 Å². The second-order valence-corrected chi connectivity index (χ2v) is 3.28. The third kappa shape index (κ3) is 3.00. The van der Waals surface area contributed by atoms with Crippen LogP contribution in [0.1, 0.15) is 12.1 Å². The first kappa shape index (κ1) is 13.1. The summed E-state index contributed by atoms with van der Waals surface area (Å²) in [6.45, 7) is 0. The zero-order valence-corrected chi connectivity index (χ0v) is 8.74. The van der Waals surface area contributed by atoms with Crippen LogP contribution in [-0.4, -0.2) is 11.3 Å². The Morgan fingerprint density at radius 3 is 2.31 bits per heavy atom. The van der Waals surface area contributed by atoms with Crippen molar-refractivity contribution in [3.8, 4) is 5.75 Å². The molecule has 0 spiro atoms. The third-order valence-corrected chi connectivity index (χ3v) is 2.13. The molecule has 1 rings (SSSR count). The van der Waals surface area contributed by atoms with Crippen molar-refractivity contribution in [2.24, 2.45) is 0 Å². The van der Waals surface area contributed by atoms with E-state index in [1.807, 2.05) is 0 Å². The van der Waals surface area contributed by atoms with E-state index in [0.717, 1.165) is 0 Å². The van der Waals surface area contributed by atoms with Gasteiger partial charge in [-0.25, -0.2) is 18.2 Å². The Morgan fingerprint density at radius 2 is 1.88 bits per heavy atom. The van der Waals surface area contributed by atoms with E-state index in [9.17, 15) is 26.3 Å². The van der Waals surface area contributed by atoms with Gasteiger partial charge in [-0.3, -0.25) is 0 Å². The minimum absolute atomic E-state index is 0.363. The van der Waals surface area contributed by atoms with Crippen LogP contribution in [0.25, 0.3) is 0 Å². The molecule has 0 saturated carbocycles. The van der Waals surface area contributed by atoms with Crippen LogP contribution in [0, 0.1) is 5.82 Å². The Labute approximate surface area is 93.4 Å². The summed E-state index contributed by atoms with van der Waals surface area (Å²) in [6, 6.07) is 0. The van der Waals surface area contributed by atoms with E-state index in [4.69, 9.17) is 0 Å². The molecule has 0 radical (unpaired) electrons. The predicted octanol–water partition coefficient (Wildman–Crippen LogP) is 3.82. The molecule has 0 amide bonds. The Morgan fingerprint density at radius 1 is 1.31 bits per heavy atom. The van der Waals surface area contributed by atoms with E-state index in [-0.39, 0.29) is 0 Å². The second-order valence-electron chi connectivity index (χ2n) is 2.48. The van der Waals surface area contributed by atoms with Crippen molar-refractivity contribution in [1.29, 1.82) is 0 Å². The summed E-state index contributed by atoms with van der Waals surface area (Å²) in [4.78, 5) is 2.84. The van der Waals surface area contributed by atoms with E-state index >= 15 is 0 Å². The molecule has 1 heterocycles. The molecule has 90 valence electrons. The monoisotopic (exact) mass is 309 g/mol. The minimum atomic E-state index is -5.05. The average molecular weight is 310 g/mol. The zero-order valence-electron chi connectivity index (χ0n) is 7.16. The van der Waals surface area contributed by atoms with E-state index in [1.54, 1.807) is 0 Å². The van der Waals surface area contributed by atoms with Gasteiger partial charge in [0.25, 0.3) is 6.43 Å². The molecule has 0 atom stereocenters. The van der Waals surface area contributed by atoms with Gasteiger partial charge in [0.1, 0.15) is 5.69 Å². The van der Waals surface area contributed by atoms with Gasteiger partial charge >= 0.3 is 6.36 Å². The van der Waals surface area contributed by atoms with Crippen LogP contribution in [0.5, 0.6) is 5.75 Å². The Hall–Kier alpha value is -0.990. The van der Waals surface area contributed by atoms with Crippen LogP contribution in [0.2, 0.25) is 0 Å². The van der Waals surface area contributed by atoms with Crippen molar-refractivity contribution in [3.05, 3.63) is 22.2 Å². The summed E-state index contributed by atoms with van der Waals surface area (Å²) in [5.74, 6) is -2.61. The first-order chi connectivity index (χ1) is 7.22. The Balaban J connectivity index is 3.12. The van der Waals surface area contributed by atoms with E-state index in [2.05, 4.69) is 25.7 Å². The second kappa shape index (κ2) is 4.48. The number of aromatic nitrogens is 1. The summed E-state index contributed by atoms with van der Waals surface area (Å²) in [5.41, 5.74) is -1.25. The van der Waals surface area contributed by atoms with Gasteiger partial charge in [-0.2, -0.15) is 0 Å². The molecule has 0 N–H and O–H groups in total. The smallest absolute Gasteiger partial charge is 0.403 e. The van der Waals surface area contributed by atoms with Crippen LogP contribution in [0.15, 0.2) is 10.7 Å². The molecule has 0 unspecified atom stereocenters. The fraction of sp³-hybridized carbons (Fsp3) is 0.286. The van der Waals surface area contributed by atoms with Gasteiger partial charge < -0.3 is 4.74 Å². The van der Waals surface area contributed by atoms with Crippen LogP contribution < -0.4 is 4.74 Å². The van der Waals surface area contributed by atoms with Crippen LogP contribution >= 0.6 is 15.9 Å². The largest absolute Gasteiger partial charge is 0.573 e. The maximum atomic E-state index is 13.1. The summed E-state index contributed by atoms with van der Waals surface area (Å²) >= 11 is 2.38. The topological polar surface area (TPSA) is 22.1 Å². The molecule has 0 bridgehead atoms. The highest BCUT2D eigenvalue weighted by molar-refractivity contribution is 9.10. The highest BCUT2D eigenvalue weighted by atomic mass is 79.9. The third-order valence-electron chi connectivity index (χ3n) is 1.39. The fourth-order valence-corrected chi connectivity index (χ4v) is 1.20. The summed E-state index contributed by atoms with van der Waals surface area (Å²) < 4.78 is 75.0. The number of hydrogen-bond donors (Lipinski definition) is 0. The van der Waals surface area contributed by atoms with Crippen LogP contribution in [0.3, 0.4) is 0 Å². The van der Waals surface area contributed by atoms with Gasteiger partial charge in [-0.15, -0.1) is 13.2 Å². The predicted molar refractivity (Wildman–Crippen MR) is 43.5 cm³/mol. The lowest BCUT2D eigenvalue weighted by molar-refractivity contribution is -0.275. The van der Waals surface area contributed by atoms with Crippen molar-refractivity contribution >= 4 is 15.9 Å². The molecule has 0 aliphatic heterocycles. The summed E-state index contributed by atoms with van der Waals surface area (Å²) in [6.07, 6.45) is -7.92. The van der Waals surface area contributed by atoms with E-state index < -0.39 is 34.5 Å². The molecule has 0 aliphatic rings. The highest BCUT2D eigenvalue weighted by Crippen LogP contribution is 2.34. The minimum Gasteiger partial charge on any atom is -0.403 e. The molecular weight excluding hydrogens is 308 g/mol. The molecule has 1 aromatic heterocycles. The summed E-state index contributed by atoms with van der Waals surface area (Å²) in [7, 11) is 0. The number of alkyl halides is 5. The van der Waals surface area contributed by atoms with Crippen LogP contribution in [-0.2, 0) is 0 Å². The number of hydrogen-bond acceptors (Lipinski definition) is 2. The van der Waals surface area contributed by atoms with E-state index in [0.29, 0.717) is 6.20 Å².